The van der Waals surface area contributed by atoms with Crippen molar-refractivity contribution < 1.29 is 9.59 Å². The molecule has 0 aromatic carbocycles. The predicted octanol–water partition coefficient (Wildman–Crippen LogP) is -0.544. The van der Waals surface area contributed by atoms with Gasteiger partial charge in [0.15, 0.2) is 0 Å². The lowest BCUT2D eigenvalue weighted by molar-refractivity contribution is -0.131. The molecule has 124 valence electrons. The van der Waals surface area contributed by atoms with Crippen LogP contribution in [-0.2, 0) is 9.59 Å². The molecule has 7 heteroatoms. The molecule has 2 saturated heterocycles. The first-order chi connectivity index (χ1) is 11.2. The van der Waals surface area contributed by atoms with Crippen LogP contribution in [0.3, 0.4) is 0 Å². The van der Waals surface area contributed by atoms with Gasteiger partial charge in [-0.25, -0.2) is 4.98 Å². The summed E-state index contributed by atoms with van der Waals surface area (Å²) in [5.74, 6) is 1.20. The van der Waals surface area contributed by atoms with E-state index in [-0.39, 0.29) is 17.7 Å². The Kier molecular flexibility index (Phi) is 5.07. The highest BCUT2D eigenvalue weighted by molar-refractivity contribution is 5.81. The van der Waals surface area contributed by atoms with Gasteiger partial charge < -0.3 is 20.4 Å². The van der Waals surface area contributed by atoms with Crippen LogP contribution in [0, 0.1) is 5.92 Å². The van der Waals surface area contributed by atoms with Gasteiger partial charge in [-0.1, -0.05) is 6.07 Å². The molecule has 3 rings (SSSR count). The van der Waals surface area contributed by atoms with E-state index in [1.54, 1.807) is 6.20 Å². The number of aromatic nitrogens is 1. The first kappa shape index (κ1) is 15.7. The highest BCUT2D eigenvalue weighted by Crippen LogP contribution is 2.12. The molecule has 0 atom stereocenters. The lowest BCUT2D eigenvalue weighted by Crippen LogP contribution is -2.52. The van der Waals surface area contributed by atoms with Crippen molar-refractivity contribution in [2.45, 2.75) is 6.42 Å². The van der Waals surface area contributed by atoms with Gasteiger partial charge in [0, 0.05) is 58.4 Å². The Hall–Kier alpha value is -2.15. The van der Waals surface area contributed by atoms with E-state index in [4.69, 9.17) is 0 Å². The Balaban J connectivity index is 1.37. The average molecular weight is 317 g/mol. The number of nitrogens with one attached hydrogen (secondary N) is 2. The number of anilines is 1. The summed E-state index contributed by atoms with van der Waals surface area (Å²) in [7, 11) is 0. The van der Waals surface area contributed by atoms with Crippen LogP contribution in [0.4, 0.5) is 5.82 Å². The molecular weight excluding hydrogens is 294 g/mol. The monoisotopic (exact) mass is 317 g/mol. The summed E-state index contributed by atoms with van der Waals surface area (Å²) in [6.07, 6.45) is 2.16. The smallest absolute Gasteiger partial charge is 0.225 e. The van der Waals surface area contributed by atoms with Crippen LogP contribution in [0.1, 0.15) is 6.42 Å². The zero-order valence-corrected chi connectivity index (χ0v) is 13.2. The van der Waals surface area contributed by atoms with Crippen molar-refractivity contribution in [1.29, 1.82) is 0 Å². The van der Waals surface area contributed by atoms with Crippen LogP contribution < -0.4 is 15.5 Å². The molecular formula is C16H23N5O2. The second-order valence-corrected chi connectivity index (χ2v) is 5.95. The molecule has 0 aliphatic carbocycles. The highest BCUT2D eigenvalue weighted by atomic mass is 16.2. The number of carbonyl (C=O) groups is 2. The number of amides is 2. The van der Waals surface area contributed by atoms with Crippen LogP contribution in [0.2, 0.25) is 0 Å². The van der Waals surface area contributed by atoms with Gasteiger partial charge in [-0.2, -0.15) is 0 Å². The van der Waals surface area contributed by atoms with E-state index in [0.717, 1.165) is 32.0 Å². The summed E-state index contributed by atoms with van der Waals surface area (Å²) in [4.78, 5) is 32.3. The molecule has 0 spiro atoms. The second-order valence-electron chi connectivity index (χ2n) is 5.95. The molecule has 2 aliphatic heterocycles. The molecule has 1 aromatic rings. The van der Waals surface area contributed by atoms with Crippen molar-refractivity contribution >= 4 is 17.6 Å². The van der Waals surface area contributed by atoms with E-state index in [1.165, 1.54) is 0 Å². The van der Waals surface area contributed by atoms with E-state index in [1.807, 2.05) is 23.1 Å². The van der Waals surface area contributed by atoms with Gasteiger partial charge in [0.1, 0.15) is 5.82 Å². The number of hydrogen-bond donors (Lipinski definition) is 2. The zero-order valence-electron chi connectivity index (χ0n) is 13.2. The van der Waals surface area contributed by atoms with E-state index in [9.17, 15) is 9.59 Å². The standard InChI is InChI=1S/C16H23N5O2/c22-15(4-6-19-16(23)13-11-17-12-13)21-9-7-20(8-10-21)14-3-1-2-5-18-14/h1-3,5,13,17H,4,6-12H2,(H,19,23). The lowest BCUT2D eigenvalue weighted by atomic mass is 10.0. The fraction of sp³-hybridized carbons (Fsp3) is 0.562. The third kappa shape index (κ3) is 3.98. The van der Waals surface area contributed by atoms with Crippen molar-refractivity contribution in [2.24, 2.45) is 5.92 Å². The van der Waals surface area contributed by atoms with Gasteiger partial charge in [-0.05, 0) is 12.1 Å². The third-order valence-electron chi connectivity index (χ3n) is 4.40. The molecule has 0 unspecified atom stereocenters. The maximum atomic E-state index is 12.2. The molecule has 2 N–H and O–H groups in total. The molecule has 0 bridgehead atoms. The fourth-order valence-corrected chi connectivity index (χ4v) is 2.79. The quantitative estimate of drug-likeness (QED) is 0.762. The van der Waals surface area contributed by atoms with Crippen molar-refractivity contribution in [3.05, 3.63) is 24.4 Å². The SMILES string of the molecule is O=C(NCCC(=O)N1CCN(c2ccccn2)CC1)C1CNC1. The number of piperazine rings is 1. The summed E-state index contributed by atoms with van der Waals surface area (Å²) >= 11 is 0. The largest absolute Gasteiger partial charge is 0.355 e. The number of carbonyl (C=O) groups excluding carboxylic acids is 2. The van der Waals surface area contributed by atoms with E-state index in [2.05, 4.69) is 20.5 Å². The molecule has 23 heavy (non-hydrogen) atoms. The van der Waals surface area contributed by atoms with Crippen molar-refractivity contribution in [3.8, 4) is 0 Å². The van der Waals surface area contributed by atoms with Crippen molar-refractivity contribution in [1.82, 2.24) is 20.5 Å². The molecule has 7 nitrogen and oxygen atoms in total. The topological polar surface area (TPSA) is 77.6 Å². The average Bonchev–Trinajstić information content (AvgIpc) is 2.54. The Morgan fingerprint density at radius 2 is 2.00 bits per heavy atom. The van der Waals surface area contributed by atoms with Crippen LogP contribution >= 0.6 is 0 Å². The number of hydrogen-bond acceptors (Lipinski definition) is 5. The van der Waals surface area contributed by atoms with E-state index >= 15 is 0 Å². The van der Waals surface area contributed by atoms with Crippen LogP contribution in [-0.4, -0.2) is 67.5 Å². The maximum absolute atomic E-state index is 12.2. The summed E-state index contributed by atoms with van der Waals surface area (Å²) < 4.78 is 0. The van der Waals surface area contributed by atoms with Crippen LogP contribution in [0.25, 0.3) is 0 Å². The Morgan fingerprint density at radius 1 is 1.22 bits per heavy atom. The van der Waals surface area contributed by atoms with Gasteiger partial charge in [0.2, 0.25) is 11.8 Å². The molecule has 2 amide bonds. The molecule has 0 saturated carbocycles. The van der Waals surface area contributed by atoms with Gasteiger partial charge >= 0.3 is 0 Å². The van der Waals surface area contributed by atoms with Gasteiger partial charge in [0.25, 0.3) is 0 Å². The summed E-state index contributed by atoms with van der Waals surface area (Å²) in [5, 5.41) is 5.91. The Morgan fingerprint density at radius 3 is 2.61 bits per heavy atom. The van der Waals surface area contributed by atoms with Crippen LogP contribution in [0.5, 0.6) is 0 Å². The van der Waals surface area contributed by atoms with Crippen molar-refractivity contribution in [2.75, 3.05) is 50.7 Å². The van der Waals surface area contributed by atoms with Crippen molar-refractivity contribution in [3.63, 3.8) is 0 Å². The third-order valence-corrected chi connectivity index (χ3v) is 4.40. The van der Waals surface area contributed by atoms with E-state index < -0.39 is 0 Å². The molecule has 0 radical (unpaired) electrons. The zero-order chi connectivity index (χ0) is 16.1. The molecule has 2 fully saturated rings. The number of nitrogens with zero attached hydrogens (tertiary/aromatic N) is 3. The fourth-order valence-electron chi connectivity index (χ4n) is 2.79. The summed E-state index contributed by atoms with van der Waals surface area (Å²) in [6, 6.07) is 5.86. The first-order valence-corrected chi connectivity index (χ1v) is 8.16. The highest BCUT2D eigenvalue weighted by Gasteiger charge is 2.25. The van der Waals surface area contributed by atoms with Gasteiger partial charge in [0.05, 0.1) is 5.92 Å². The van der Waals surface area contributed by atoms with Gasteiger partial charge in [-0.3, -0.25) is 9.59 Å². The normalized spacial score (nSPS) is 18.4. The number of pyridine rings is 1. The Labute approximate surface area is 136 Å². The minimum Gasteiger partial charge on any atom is -0.355 e. The number of rotatable bonds is 5. The van der Waals surface area contributed by atoms with Crippen LogP contribution in [0.15, 0.2) is 24.4 Å². The summed E-state index contributed by atoms with van der Waals surface area (Å²) in [6.45, 7) is 4.91. The predicted molar refractivity (Wildman–Crippen MR) is 87.0 cm³/mol. The lowest BCUT2D eigenvalue weighted by Gasteiger charge is -2.35. The minimum atomic E-state index is 0.0523. The second kappa shape index (κ2) is 7.41. The molecule has 3 heterocycles. The first-order valence-electron chi connectivity index (χ1n) is 8.16. The van der Waals surface area contributed by atoms with Gasteiger partial charge in [-0.15, -0.1) is 0 Å². The molecule has 1 aromatic heterocycles. The summed E-state index contributed by atoms with van der Waals surface area (Å²) in [5.41, 5.74) is 0. The Bertz CT molecular complexity index is 539. The molecule has 2 aliphatic rings. The minimum absolute atomic E-state index is 0.0523. The van der Waals surface area contributed by atoms with E-state index in [0.29, 0.717) is 26.1 Å². The maximum Gasteiger partial charge on any atom is 0.225 e.